The first-order chi connectivity index (χ1) is 12.5. The summed E-state index contributed by atoms with van der Waals surface area (Å²) in [5, 5.41) is 2.82. The van der Waals surface area contributed by atoms with Crippen LogP contribution in [0, 0.1) is 6.92 Å². The van der Waals surface area contributed by atoms with E-state index in [2.05, 4.69) is 10.3 Å². The molecule has 0 aliphatic carbocycles. The summed E-state index contributed by atoms with van der Waals surface area (Å²) in [7, 11) is 0. The second-order valence-electron chi connectivity index (χ2n) is 6.10. The fraction of sp³-hybridized carbons (Fsp3) is 0.250. The molecule has 3 aromatic rings. The SMILES string of the molecule is CCN(CC)C(=O)c1ccc(NC(=O)c2cn3ccc(C)cc3n2)cc1. The van der Waals surface area contributed by atoms with E-state index in [9.17, 15) is 9.59 Å². The van der Waals surface area contributed by atoms with Gasteiger partial charge in [0.15, 0.2) is 0 Å². The van der Waals surface area contributed by atoms with Crippen LogP contribution in [0.25, 0.3) is 5.65 Å². The zero-order chi connectivity index (χ0) is 18.7. The monoisotopic (exact) mass is 350 g/mol. The molecule has 0 unspecified atom stereocenters. The van der Waals surface area contributed by atoms with Gasteiger partial charge in [-0.05, 0) is 62.7 Å². The van der Waals surface area contributed by atoms with Gasteiger partial charge in [0.25, 0.3) is 11.8 Å². The number of aryl methyl sites for hydroxylation is 1. The molecule has 2 heterocycles. The smallest absolute Gasteiger partial charge is 0.275 e. The van der Waals surface area contributed by atoms with E-state index in [0.717, 1.165) is 11.2 Å². The van der Waals surface area contributed by atoms with Crippen molar-refractivity contribution >= 4 is 23.1 Å². The molecule has 1 aromatic carbocycles. The van der Waals surface area contributed by atoms with E-state index in [1.54, 1.807) is 35.4 Å². The van der Waals surface area contributed by atoms with Crippen LogP contribution in [0.1, 0.15) is 40.3 Å². The molecule has 0 spiro atoms. The average Bonchev–Trinajstić information content (AvgIpc) is 3.06. The highest BCUT2D eigenvalue weighted by Crippen LogP contribution is 2.14. The molecule has 0 aliphatic rings. The Hall–Kier alpha value is -3.15. The summed E-state index contributed by atoms with van der Waals surface area (Å²) in [6.45, 7) is 7.22. The van der Waals surface area contributed by atoms with Crippen molar-refractivity contribution in [2.24, 2.45) is 0 Å². The first-order valence-corrected chi connectivity index (χ1v) is 8.68. The molecule has 2 amide bonds. The molecule has 26 heavy (non-hydrogen) atoms. The number of imidazole rings is 1. The van der Waals surface area contributed by atoms with Gasteiger partial charge in [-0.15, -0.1) is 0 Å². The van der Waals surface area contributed by atoms with Gasteiger partial charge in [0.05, 0.1) is 0 Å². The summed E-state index contributed by atoms with van der Waals surface area (Å²) in [4.78, 5) is 30.8. The van der Waals surface area contributed by atoms with Crippen LogP contribution >= 0.6 is 0 Å². The van der Waals surface area contributed by atoms with Crippen molar-refractivity contribution in [3.8, 4) is 0 Å². The number of amides is 2. The van der Waals surface area contributed by atoms with E-state index >= 15 is 0 Å². The highest BCUT2D eigenvalue weighted by molar-refractivity contribution is 6.03. The number of carbonyl (C=O) groups is 2. The predicted octanol–water partition coefficient (Wildman–Crippen LogP) is 3.38. The van der Waals surface area contributed by atoms with Crippen LogP contribution in [0.5, 0.6) is 0 Å². The molecule has 0 atom stereocenters. The minimum absolute atomic E-state index is 0.0106. The van der Waals surface area contributed by atoms with Gasteiger partial charge >= 0.3 is 0 Å². The molecule has 3 rings (SSSR count). The van der Waals surface area contributed by atoms with Gasteiger partial charge in [-0.1, -0.05) is 0 Å². The third kappa shape index (κ3) is 3.59. The van der Waals surface area contributed by atoms with Crippen molar-refractivity contribution in [2.45, 2.75) is 20.8 Å². The Morgan fingerprint density at radius 3 is 2.46 bits per heavy atom. The molecule has 134 valence electrons. The van der Waals surface area contributed by atoms with E-state index in [1.807, 2.05) is 43.5 Å². The Morgan fingerprint density at radius 1 is 1.12 bits per heavy atom. The second-order valence-corrected chi connectivity index (χ2v) is 6.10. The van der Waals surface area contributed by atoms with Gasteiger partial charge in [-0.3, -0.25) is 9.59 Å². The number of hydrogen-bond acceptors (Lipinski definition) is 3. The molecular weight excluding hydrogens is 328 g/mol. The number of hydrogen-bond donors (Lipinski definition) is 1. The third-order valence-corrected chi connectivity index (χ3v) is 4.29. The van der Waals surface area contributed by atoms with E-state index in [0.29, 0.717) is 30.0 Å². The number of pyridine rings is 1. The molecular formula is C20H22N4O2. The third-order valence-electron chi connectivity index (χ3n) is 4.29. The lowest BCUT2D eigenvalue weighted by molar-refractivity contribution is 0.0773. The van der Waals surface area contributed by atoms with Gasteiger partial charge in [-0.2, -0.15) is 0 Å². The second kappa shape index (κ2) is 7.39. The van der Waals surface area contributed by atoms with Crippen molar-refractivity contribution < 1.29 is 9.59 Å². The fourth-order valence-electron chi connectivity index (χ4n) is 2.78. The molecule has 0 radical (unpaired) electrons. The number of aromatic nitrogens is 2. The highest BCUT2D eigenvalue weighted by atomic mass is 16.2. The van der Waals surface area contributed by atoms with E-state index in [-0.39, 0.29) is 11.8 Å². The summed E-state index contributed by atoms with van der Waals surface area (Å²) in [5.41, 5.74) is 3.40. The molecule has 0 saturated carbocycles. The van der Waals surface area contributed by atoms with Crippen molar-refractivity contribution in [3.63, 3.8) is 0 Å². The van der Waals surface area contributed by atoms with Crippen LogP contribution in [0.3, 0.4) is 0 Å². The van der Waals surface area contributed by atoms with E-state index < -0.39 is 0 Å². The molecule has 0 fully saturated rings. The van der Waals surface area contributed by atoms with Crippen LogP contribution in [-0.4, -0.2) is 39.2 Å². The Morgan fingerprint density at radius 2 is 1.81 bits per heavy atom. The highest BCUT2D eigenvalue weighted by Gasteiger charge is 2.14. The molecule has 0 saturated heterocycles. The minimum atomic E-state index is -0.283. The van der Waals surface area contributed by atoms with Crippen LogP contribution in [0.2, 0.25) is 0 Å². The normalized spacial score (nSPS) is 10.7. The van der Waals surface area contributed by atoms with E-state index in [4.69, 9.17) is 0 Å². The number of benzene rings is 1. The molecule has 0 aliphatic heterocycles. The van der Waals surface area contributed by atoms with Crippen LogP contribution in [0.15, 0.2) is 48.8 Å². The molecule has 0 bridgehead atoms. The quantitative estimate of drug-likeness (QED) is 0.767. The Bertz CT molecular complexity index is 940. The van der Waals surface area contributed by atoms with E-state index in [1.165, 1.54) is 0 Å². The average molecular weight is 350 g/mol. The number of anilines is 1. The largest absolute Gasteiger partial charge is 0.339 e. The topological polar surface area (TPSA) is 66.7 Å². The number of nitrogens with one attached hydrogen (secondary N) is 1. The summed E-state index contributed by atoms with van der Waals surface area (Å²) in [5.74, 6) is -0.294. The summed E-state index contributed by atoms with van der Waals surface area (Å²) < 4.78 is 1.81. The maximum Gasteiger partial charge on any atom is 0.275 e. The first kappa shape index (κ1) is 17.7. The lowest BCUT2D eigenvalue weighted by atomic mass is 10.1. The number of fused-ring (bicyclic) bond motifs is 1. The van der Waals surface area contributed by atoms with Gasteiger partial charge in [0, 0.05) is 36.7 Å². The maximum absolute atomic E-state index is 12.4. The van der Waals surface area contributed by atoms with Gasteiger partial charge in [0.2, 0.25) is 0 Å². The van der Waals surface area contributed by atoms with Crippen LogP contribution in [0.4, 0.5) is 5.69 Å². The summed E-state index contributed by atoms with van der Waals surface area (Å²) in [6, 6.07) is 10.8. The molecule has 2 aromatic heterocycles. The van der Waals surface area contributed by atoms with Gasteiger partial charge < -0.3 is 14.6 Å². The molecule has 1 N–H and O–H groups in total. The van der Waals surface area contributed by atoms with Crippen LogP contribution in [-0.2, 0) is 0 Å². The zero-order valence-corrected chi connectivity index (χ0v) is 15.2. The first-order valence-electron chi connectivity index (χ1n) is 8.68. The molecule has 6 nitrogen and oxygen atoms in total. The number of carbonyl (C=O) groups excluding carboxylic acids is 2. The number of rotatable bonds is 5. The molecule has 6 heteroatoms. The van der Waals surface area contributed by atoms with Crippen molar-refractivity contribution in [3.05, 3.63) is 65.6 Å². The van der Waals surface area contributed by atoms with Crippen LogP contribution < -0.4 is 5.32 Å². The Balaban J connectivity index is 1.73. The Labute approximate surface area is 152 Å². The van der Waals surface area contributed by atoms with Crippen molar-refractivity contribution in [1.82, 2.24) is 14.3 Å². The fourth-order valence-corrected chi connectivity index (χ4v) is 2.78. The van der Waals surface area contributed by atoms with Crippen molar-refractivity contribution in [1.29, 1.82) is 0 Å². The van der Waals surface area contributed by atoms with Crippen molar-refractivity contribution in [2.75, 3.05) is 18.4 Å². The Kier molecular flexibility index (Phi) is 5.02. The summed E-state index contributed by atoms with van der Waals surface area (Å²) >= 11 is 0. The lowest BCUT2D eigenvalue weighted by Gasteiger charge is -2.18. The summed E-state index contributed by atoms with van der Waals surface area (Å²) in [6.07, 6.45) is 3.57. The predicted molar refractivity (Wildman–Crippen MR) is 102 cm³/mol. The number of nitrogens with zero attached hydrogens (tertiary/aromatic N) is 3. The minimum Gasteiger partial charge on any atom is -0.339 e. The van der Waals surface area contributed by atoms with Gasteiger partial charge in [0.1, 0.15) is 11.3 Å². The maximum atomic E-state index is 12.4. The van der Waals surface area contributed by atoms with Gasteiger partial charge in [-0.25, -0.2) is 4.98 Å². The lowest BCUT2D eigenvalue weighted by Crippen LogP contribution is -2.30. The standard InChI is InChI=1S/C20H22N4O2/c1-4-23(5-2)20(26)15-6-8-16(9-7-15)21-19(25)17-13-24-11-10-14(3)12-18(24)22-17/h6-13H,4-5H2,1-3H3,(H,21,25). The zero-order valence-electron chi connectivity index (χ0n) is 15.2.